The van der Waals surface area contributed by atoms with Crippen LogP contribution in [0.2, 0.25) is 0 Å². The first-order valence-corrected chi connectivity index (χ1v) is 8.54. The normalized spacial score (nSPS) is 11.2. The first-order valence-electron chi connectivity index (χ1n) is 6.76. The molecule has 0 fully saturated rings. The molecule has 1 heterocycles. The first kappa shape index (κ1) is 15.8. The van der Waals surface area contributed by atoms with Gasteiger partial charge >= 0.3 is 0 Å². The third-order valence-electron chi connectivity index (χ3n) is 2.85. The number of halogens is 1. The zero-order valence-electron chi connectivity index (χ0n) is 11.9. The first-order chi connectivity index (χ1) is 11.2. The van der Waals surface area contributed by atoms with Crippen molar-refractivity contribution >= 4 is 50.9 Å². The smallest absolute Gasteiger partial charge is 0.257 e. The predicted molar refractivity (Wildman–Crippen MR) is 94.6 cm³/mol. The fourth-order valence-electron chi connectivity index (χ4n) is 1.84. The van der Waals surface area contributed by atoms with Crippen LogP contribution in [-0.4, -0.2) is 22.9 Å². The second-order valence-electron chi connectivity index (χ2n) is 4.58. The number of nitrogens with zero attached hydrogens (tertiary/aromatic N) is 2. The van der Waals surface area contributed by atoms with E-state index in [-0.39, 0.29) is 11.7 Å². The maximum atomic E-state index is 11.8. The van der Waals surface area contributed by atoms with Crippen LogP contribution in [0.3, 0.4) is 0 Å². The lowest BCUT2D eigenvalue weighted by Crippen LogP contribution is -2.19. The maximum absolute atomic E-state index is 11.8. The summed E-state index contributed by atoms with van der Waals surface area (Å²) in [5, 5.41) is 4.40. The zero-order valence-corrected chi connectivity index (χ0v) is 14.3. The Morgan fingerprint density at radius 2 is 2.17 bits per heavy atom. The van der Waals surface area contributed by atoms with Gasteiger partial charge < -0.3 is 4.42 Å². The molecule has 5 nitrogen and oxygen atoms in total. The molecule has 0 aliphatic heterocycles. The summed E-state index contributed by atoms with van der Waals surface area (Å²) >= 11 is 4.61. The summed E-state index contributed by atoms with van der Waals surface area (Å²) in [7, 11) is 0. The molecule has 3 rings (SSSR count). The second-order valence-corrected chi connectivity index (χ2v) is 6.43. The van der Waals surface area contributed by atoms with Crippen LogP contribution in [0.5, 0.6) is 0 Å². The molecular formula is C16H12BrN3O2S. The fraction of sp³-hybridized carbons (Fsp3) is 0.0625. The van der Waals surface area contributed by atoms with Crippen LogP contribution in [0, 0.1) is 0 Å². The number of fused-ring (bicyclic) bond motifs is 1. The standard InChI is InChI=1S/C16H12BrN3O2S/c17-12-5-3-4-11(8-12)9-18-20-15(21)10-23-16-19-13-6-1-2-7-14(13)22-16/h1-9H,10H2,(H,20,21). The Morgan fingerprint density at radius 1 is 1.30 bits per heavy atom. The van der Waals surface area contributed by atoms with Crippen molar-refractivity contribution < 1.29 is 9.21 Å². The molecule has 0 aliphatic rings. The monoisotopic (exact) mass is 389 g/mol. The largest absolute Gasteiger partial charge is 0.431 e. The van der Waals surface area contributed by atoms with Crippen LogP contribution in [-0.2, 0) is 4.79 Å². The molecule has 1 aromatic heterocycles. The molecule has 0 radical (unpaired) electrons. The summed E-state index contributed by atoms with van der Waals surface area (Å²) in [6.45, 7) is 0. The lowest BCUT2D eigenvalue weighted by molar-refractivity contribution is -0.118. The van der Waals surface area contributed by atoms with Gasteiger partial charge in [0.05, 0.1) is 12.0 Å². The number of hydrazone groups is 1. The molecule has 0 atom stereocenters. The Hall–Kier alpha value is -2.12. The van der Waals surface area contributed by atoms with Gasteiger partial charge in [0.2, 0.25) is 0 Å². The van der Waals surface area contributed by atoms with Crippen molar-refractivity contribution in [2.45, 2.75) is 5.22 Å². The predicted octanol–water partition coefficient (Wildman–Crippen LogP) is 3.83. The highest BCUT2D eigenvalue weighted by molar-refractivity contribution is 9.10. The minimum absolute atomic E-state index is 0.183. The minimum atomic E-state index is -0.219. The van der Waals surface area contributed by atoms with E-state index in [0.717, 1.165) is 15.6 Å². The Balaban J connectivity index is 1.51. The number of para-hydroxylation sites is 2. The average Bonchev–Trinajstić information content (AvgIpc) is 2.96. The van der Waals surface area contributed by atoms with Crippen molar-refractivity contribution in [3.05, 3.63) is 58.6 Å². The van der Waals surface area contributed by atoms with Gasteiger partial charge in [0.25, 0.3) is 11.1 Å². The third kappa shape index (κ3) is 4.43. The van der Waals surface area contributed by atoms with Gasteiger partial charge in [-0.15, -0.1) is 0 Å². The lowest BCUT2D eigenvalue weighted by Gasteiger charge is -1.97. The molecular weight excluding hydrogens is 378 g/mol. The van der Waals surface area contributed by atoms with Crippen LogP contribution >= 0.6 is 27.7 Å². The molecule has 23 heavy (non-hydrogen) atoms. The van der Waals surface area contributed by atoms with Crippen molar-refractivity contribution in [2.24, 2.45) is 5.10 Å². The number of rotatable bonds is 5. The molecule has 2 aromatic carbocycles. The van der Waals surface area contributed by atoms with E-state index >= 15 is 0 Å². The molecule has 116 valence electrons. The number of nitrogens with one attached hydrogen (secondary N) is 1. The lowest BCUT2D eigenvalue weighted by atomic mass is 10.2. The van der Waals surface area contributed by atoms with Gasteiger partial charge in [-0.25, -0.2) is 10.4 Å². The van der Waals surface area contributed by atoms with Gasteiger partial charge in [0.1, 0.15) is 5.52 Å². The van der Waals surface area contributed by atoms with Crippen molar-refractivity contribution in [3.8, 4) is 0 Å². The molecule has 1 amide bonds. The Kier molecular flexibility index (Phi) is 5.09. The summed E-state index contributed by atoms with van der Waals surface area (Å²) < 4.78 is 6.49. The Bertz CT molecular complexity index is 830. The molecule has 0 saturated carbocycles. The summed E-state index contributed by atoms with van der Waals surface area (Å²) in [5.41, 5.74) is 4.87. The van der Waals surface area contributed by atoms with Crippen LogP contribution in [0.25, 0.3) is 11.1 Å². The average molecular weight is 390 g/mol. The molecule has 0 saturated heterocycles. The van der Waals surface area contributed by atoms with E-state index in [2.05, 4.69) is 31.4 Å². The Morgan fingerprint density at radius 3 is 3.00 bits per heavy atom. The SMILES string of the molecule is O=C(CSc1nc2ccccc2o1)NN=Cc1cccc(Br)c1. The maximum Gasteiger partial charge on any atom is 0.257 e. The van der Waals surface area contributed by atoms with Crippen molar-refractivity contribution in [1.29, 1.82) is 0 Å². The van der Waals surface area contributed by atoms with E-state index in [1.807, 2.05) is 48.5 Å². The van der Waals surface area contributed by atoms with Crippen molar-refractivity contribution in [3.63, 3.8) is 0 Å². The van der Waals surface area contributed by atoms with Gasteiger partial charge in [-0.2, -0.15) is 5.10 Å². The molecule has 7 heteroatoms. The summed E-state index contributed by atoms with van der Waals surface area (Å²) in [4.78, 5) is 16.1. The van der Waals surface area contributed by atoms with Gasteiger partial charge in [0.15, 0.2) is 5.58 Å². The number of carbonyl (C=O) groups excluding carboxylic acids is 1. The number of benzene rings is 2. The second kappa shape index (κ2) is 7.43. The number of hydrogen-bond acceptors (Lipinski definition) is 5. The van der Waals surface area contributed by atoms with Crippen LogP contribution in [0.1, 0.15) is 5.56 Å². The van der Waals surface area contributed by atoms with E-state index in [0.29, 0.717) is 10.8 Å². The van der Waals surface area contributed by atoms with Gasteiger partial charge in [-0.1, -0.05) is 52.0 Å². The van der Waals surface area contributed by atoms with Crippen molar-refractivity contribution in [2.75, 3.05) is 5.75 Å². The number of carbonyl (C=O) groups is 1. The van der Waals surface area contributed by atoms with Gasteiger partial charge in [-0.3, -0.25) is 4.79 Å². The van der Waals surface area contributed by atoms with E-state index in [1.54, 1.807) is 6.21 Å². The number of hydrogen-bond donors (Lipinski definition) is 1. The van der Waals surface area contributed by atoms with Crippen LogP contribution in [0.15, 0.2) is 67.7 Å². The number of amides is 1. The van der Waals surface area contributed by atoms with Crippen LogP contribution in [0.4, 0.5) is 0 Å². The summed E-state index contributed by atoms with van der Waals surface area (Å²) in [5.74, 6) is -0.0358. The molecule has 0 spiro atoms. The highest BCUT2D eigenvalue weighted by Gasteiger charge is 2.08. The molecule has 0 bridgehead atoms. The van der Waals surface area contributed by atoms with Crippen LogP contribution < -0.4 is 5.43 Å². The number of aromatic nitrogens is 1. The highest BCUT2D eigenvalue weighted by atomic mass is 79.9. The third-order valence-corrected chi connectivity index (χ3v) is 4.17. The van der Waals surface area contributed by atoms with Crippen molar-refractivity contribution in [1.82, 2.24) is 10.4 Å². The quantitative estimate of drug-likeness (QED) is 0.409. The number of oxazole rings is 1. The van der Waals surface area contributed by atoms with E-state index in [9.17, 15) is 4.79 Å². The van der Waals surface area contributed by atoms with E-state index in [4.69, 9.17) is 4.42 Å². The fourth-order valence-corrected chi connectivity index (χ4v) is 2.89. The Labute approximate surface area is 145 Å². The van der Waals surface area contributed by atoms with Gasteiger partial charge in [-0.05, 0) is 29.8 Å². The summed E-state index contributed by atoms with van der Waals surface area (Å²) in [6, 6.07) is 15.1. The van der Waals surface area contributed by atoms with Gasteiger partial charge in [0, 0.05) is 4.47 Å². The minimum Gasteiger partial charge on any atom is -0.431 e. The topological polar surface area (TPSA) is 67.5 Å². The number of thioether (sulfide) groups is 1. The zero-order chi connectivity index (χ0) is 16.1. The molecule has 1 N–H and O–H groups in total. The summed E-state index contributed by atoms with van der Waals surface area (Å²) in [6.07, 6.45) is 1.59. The molecule has 0 unspecified atom stereocenters. The molecule has 0 aliphatic carbocycles. The molecule has 3 aromatic rings. The van der Waals surface area contributed by atoms with E-state index < -0.39 is 0 Å². The highest BCUT2D eigenvalue weighted by Crippen LogP contribution is 2.22. The van der Waals surface area contributed by atoms with E-state index in [1.165, 1.54) is 11.8 Å².